The zero-order valence-electron chi connectivity index (χ0n) is 16.7. The van der Waals surface area contributed by atoms with Gasteiger partial charge in [0.1, 0.15) is 0 Å². The van der Waals surface area contributed by atoms with Crippen LogP contribution in [0, 0.1) is 10.8 Å². The molecule has 0 N–H and O–H groups in total. The average Bonchev–Trinajstić information content (AvgIpc) is 2.57. The van der Waals surface area contributed by atoms with Gasteiger partial charge in [-0.05, 0) is 50.9 Å². The van der Waals surface area contributed by atoms with Gasteiger partial charge in [-0.2, -0.15) is 0 Å². The lowest BCUT2D eigenvalue weighted by Crippen LogP contribution is -2.38. The molecule has 2 nitrogen and oxygen atoms in total. The van der Waals surface area contributed by atoms with Gasteiger partial charge in [0, 0.05) is 5.41 Å². The Labute approximate surface area is 140 Å². The predicted molar refractivity (Wildman–Crippen MR) is 97.5 cm³/mol. The summed E-state index contributed by atoms with van der Waals surface area (Å²) < 4.78 is 12.5. The van der Waals surface area contributed by atoms with Crippen LogP contribution in [0.2, 0.25) is 0 Å². The summed E-state index contributed by atoms with van der Waals surface area (Å²) in [6.07, 6.45) is 6.71. The third-order valence-electron chi connectivity index (χ3n) is 6.29. The minimum Gasteiger partial charge on any atom is -0.380 e. The summed E-state index contributed by atoms with van der Waals surface area (Å²) in [5.41, 5.74) is 0.486. The molecular weight excluding hydrogens is 272 g/mol. The van der Waals surface area contributed by atoms with Crippen molar-refractivity contribution in [2.75, 3.05) is 19.8 Å². The molecule has 0 atom stereocenters. The molecule has 0 unspecified atom stereocenters. The summed E-state index contributed by atoms with van der Waals surface area (Å²) in [5, 5.41) is 0. The molecular formula is C20H42O2. The van der Waals surface area contributed by atoms with Crippen molar-refractivity contribution in [1.29, 1.82) is 0 Å². The molecule has 0 saturated heterocycles. The van der Waals surface area contributed by atoms with Crippen LogP contribution < -0.4 is 0 Å². The monoisotopic (exact) mass is 314 g/mol. The number of hydrogen-bond donors (Lipinski definition) is 0. The summed E-state index contributed by atoms with van der Waals surface area (Å²) in [5.74, 6) is 0. The second kappa shape index (κ2) is 9.93. The fraction of sp³-hybridized carbons (Fsp3) is 1.00. The van der Waals surface area contributed by atoms with Crippen LogP contribution in [0.1, 0.15) is 93.9 Å². The van der Waals surface area contributed by atoms with E-state index < -0.39 is 0 Å². The summed E-state index contributed by atoms with van der Waals surface area (Å²) >= 11 is 0. The van der Waals surface area contributed by atoms with Gasteiger partial charge in [-0.25, -0.2) is 0 Å². The lowest BCUT2D eigenvalue weighted by atomic mass is 9.83. The fourth-order valence-corrected chi connectivity index (χ4v) is 2.45. The summed E-state index contributed by atoms with van der Waals surface area (Å²) in [4.78, 5) is 0. The topological polar surface area (TPSA) is 18.5 Å². The fourth-order valence-electron chi connectivity index (χ4n) is 2.45. The first kappa shape index (κ1) is 21.9. The van der Waals surface area contributed by atoms with Crippen molar-refractivity contribution in [2.24, 2.45) is 10.8 Å². The van der Waals surface area contributed by atoms with Crippen LogP contribution in [0.25, 0.3) is 0 Å². The zero-order valence-corrected chi connectivity index (χ0v) is 16.7. The Bertz CT molecular complexity index is 273. The van der Waals surface area contributed by atoms with Crippen LogP contribution in [-0.2, 0) is 9.47 Å². The summed E-state index contributed by atoms with van der Waals surface area (Å²) in [6.45, 7) is 20.5. The largest absolute Gasteiger partial charge is 0.380 e. The Kier molecular flexibility index (Phi) is 9.89. The van der Waals surface area contributed by atoms with E-state index in [1.807, 2.05) is 0 Å². The second-order valence-corrected chi connectivity index (χ2v) is 7.66. The van der Waals surface area contributed by atoms with Crippen LogP contribution in [0.4, 0.5) is 0 Å². The molecule has 0 fully saturated rings. The van der Waals surface area contributed by atoms with Gasteiger partial charge in [0.25, 0.3) is 0 Å². The predicted octanol–water partition coefficient (Wildman–Crippen LogP) is 6.23. The maximum atomic E-state index is 6.33. The first-order chi connectivity index (χ1) is 10.3. The van der Waals surface area contributed by atoms with Crippen LogP contribution >= 0.6 is 0 Å². The summed E-state index contributed by atoms with van der Waals surface area (Å²) in [6, 6.07) is 0. The summed E-state index contributed by atoms with van der Waals surface area (Å²) in [7, 11) is 0. The Hall–Kier alpha value is -0.0800. The second-order valence-electron chi connectivity index (χ2n) is 7.66. The van der Waals surface area contributed by atoms with Crippen LogP contribution in [0.3, 0.4) is 0 Å². The SMILES string of the molecule is CCC(C)(CC)COCC(CC)(CC)COC(C)(CC)CC. The highest BCUT2D eigenvalue weighted by molar-refractivity contribution is 4.80. The van der Waals surface area contributed by atoms with Crippen LogP contribution in [-0.4, -0.2) is 25.4 Å². The highest BCUT2D eigenvalue weighted by atomic mass is 16.5. The number of ether oxygens (including phenoxy) is 2. The maximum Gasteiger partial charge on any atom is 0.0649 e. The lowest BCUT2D eigenvalue weighted by molar-refractivity contribution is -0.107. The van der Waals surface area contributed by atoms with E-state index in [9.17, 15) is 0 Å². The Morgan fingerprint density at radius 2 is 1.09 bits per heavy atom. The number of rotatable bonds is 13. The lowest BCUT2D eigenvalue weighted by Gasteiger charge is -2.37. The van der Waals surface area contributed by atoms with Gasteiger partial charge in [-0.3, -0.25) is 0 Å². The molecule has 0 aliphatic heterocycles. The van der Waals surface area contributed by atoms with Crippen molar-refractivity contribution < 1.29 is 9.47 Å². The Morgan fingerprint density at radius 3 is 1.45 bits per heavy atom. The molecule has 0 heterocycles. The normalized spacial score (nSPS) is 13.6. The molecule has 0 amide bonds. The highest BCUT2D eigenvalue weighted by Crippen LogP contribution is 2.33. The van der Waals surface area contributed by atoms with Gasteiger partial charge in [0.15, 0.2) is 0 Å². The van der Waals surface area contributed by atoms with Crippen molar-refractivity contribution in [1.82, 2.24) is 0 Å². The van der Waals surface area contributed by atoms with E-state index in [1.54, 1.807) is 0 Å². The van der Waals surface area contributed by atoms with Crippen molar-refractivity contribution >= 4 is 0 Å². The average molecular weight is 315 g/mol. The minimum atomic E-state index is 0.0109. The number of hydrogen-bond acceptors (Lipinski definition) is 2. The van der Waals surface area contributed by atoms with Crippen molar-refractivity contribution in [3.8, 4) is 0 Å². The first-order valence-electron chi connectivity index (χ1n) is 9.49. The first-order valence-corrected chi connectivity index (χ1v) is 9.49. The standard InChI is InChI=1S/C20H42O2/c1-9-18(7,10-2)15-21-16-20(13-5,14-6)17-22-19(8,11-3)12-4/h9-17H2,1-8H3. The molecule has 0 aliphatic carbocycles. The smallest absolute Gasteiger partial charge is 0.0649 e. The van der Waals surface area contributed by atoms with E-state index in [0.29, 0.717) is 5.41 Å². The van der Waals surface area contributed by atoms with Crippen molar-refractivity contribution in [3.63, 3.8) is 0 Å². The minimum absolute atomic E-state index is 0.0109. The molecule has 0 aromatic carbocycles. The van der Waals surface area contributed by atoms with E-state index in [-0.39, 0.29) is 11.0 Å². The van der Waals surface area contributed by atoms with Gasteiger partial charge in [-0.1, -0.05) is 48.5 Å². The van der Waals surface area contributed by atoms with Gasteiger partial charge >= 0.3 is 0 Å². The van der Waals surface area contributed by atoms with Crippen molar-refractivity contribution in [2.45, 2.75) is 99.5 Å². The van der Waals surface area contributed by atoms with E-state index in [0.717, 1.165) is 45.5 Å². The molecule has 0 bridgehead atoms. The molecule has 134 valence electrons. The van der Waals surface area contributed by atoms with E-state index in [2.05, 4.69) is 55.4 Å². The molecule has 0 rings (SSSR count). The molecule has 22 heavy (non-hydrogen) atoms. The van der Waals surface area contributed by atoms with Gasteiger partial charge in [0.2, 0.25) is 0 Å². The van der Waals surface area contributed by atoms with Gasteiger partial charge in [-0.15, -0.1) is 0 Å². The molecule has 0 radical (unpaired) electrons. The Morgan fingerprint density at radius 1 is 0.591 bits per heavy atom. The third kappa shape index (κ3) is 6.58. The zero-order chi connectivity index (χ0) is 17.3. The molecule has 0 spiro atoms. The highest BCUT2D eigenvalue weighted by Gasteiger charge is 2.32. The van der Waals surface area contributed by atoms with E-state index in [4.69, 9.17) is 9.47 Å². The Balaban J connectivity index is 4.62. The molecule has 0 saturated carbocycles. The molecule has 0 aromatic heterocycles. The van der Waals surface area contributed by atoms with E-state index >= 15 is 0 Å². The molecule has 0 aliphatic rings. The molecule has 0 aromatic rings. The van der Waals surface area contributed by atoms with Gasteiger partial charge < -0.3 is 9.47 Å². The van der Waals surface area contributed by atoms with Crippen LogP contribution in [0.15, 0.2) is 0 Å². The van der Waals surface area contributed by atoms with Gasteiger partial charge in [0.05, 0.1) is 25.4 Å². The maximum absolute atomic E-state index is 6.33. The quantitative estimate of drug-likeness (QED) is 0.401. The van der Waals surface area contributed by atoms with Crippen LogP contribution in [0.5, 0.6) is 0 Å². The molecule has 2 heteroatoms. The van der Waals surface area contributed by atoms with Crippen molar-refractivity contribution in [3.05, 3.63) is 0 Å². The van der Waals surface area contributed by atoms with E-state index in [1.165, 1.54) is 12.8 Å². The third-order valence-corrected chi connectivity index (χ3v) is 6.29.